The van der Waals surface area contributed by atoms with E-state index < -0.39 is 0 Å². The van der Waals surface area contributed by atoms with Gasteiger partial charge in [0.1, 0.15) is 0 Å². The van der Waals surface area contributed by atoms with Crippen LogP contribution in [0.3, 0.4) is 0 Å². The summed E-state index contributed by atoms with van der Waals surface area (Å²) >= 11 is 0. The summed E-state index contributed by atoms with van der Waals surface area (Å²) in [5.74, 6) is 1.80. The number of hydrogen-bond acceptors (Lipinski definition) is 0. The van der Waals surface area contributed by atoms with E-state index in [0.29, 0.717) is 23.7 Å². The van der Waals surface area contributed by atoms with Gasteiger partial charge in [-0.3, -0.25) is 0 Å². The molecule has 6 rings (SSSR count). The van der Waals surface area contributed by atoms with Crippen molar-refractivity contribution in [3.05, 3.63) is 195 Å². The van der Waals surface area contributed by atoms with Crippen LogP contribution in [0, 0.1) is 24.7 Å². The fourth-order valence-electron chi connectivity index (χ4n) is 9.01. The molecule has 0 heterocycles. The summed E-state index contributed by atoms with van der Waals surface area (Å²) in [5, 5.41) is 0. The van der Waals surface area contributed by atoms with Crippen molar-refractivity contribution in [1.82, 2.24) is 0 Å². The van der Waals surface area contributed by atoms with Crippen LogP contribution in [-0.2, 0) is 6.42 Å². The molecular weight excluding hydrogens is 685 g/mol. The molecular formula is C57H66. The first-order chi connectivity index (χ1) is 27.6. The summed E-state index contributed by atoms with van der Waals surface area (Å²) in [6.45, 7) is 20.9. The van der Waals surface area contributed by atoms with Gasteiger partial charge in [-0.05, 0) is 163 Å². The van der Waals surface area contributed by atoms with Gasteiger partial charge in [0.2, 0.25) is 0 Å². The molecule has 2 aliphatic carbocycles. The number of allylic oxidation sites excluding steroid dienone is 14. The molecule has 0 saturated heterocycles. The van der Waals surface area contributed by atoms with Gasteiger partial charge in [-0.2, -0.15) is 0 Å². The van der Waals surface area contributed by atoms with Crippen molar-refractivity contribution in [1.29, 1.82) is 0 Å². The molecule has 0 radical (unpaired) electrons. The lowest BCUT2D eigenvalue weighted by atomic mass is 9.80. The number of rotatable bonds is 13. The van der Waals surface area contributed by atoms with E-state index in [1.165, 1.54) is 84.4 Å². The maximum Gasteiger partial charge on any atom is 0.00558 e. The van der Waals surface area contributed by atoms with E-state index in [1.807, 2.05) is 0 Å². The number of hydrogen-bond donors (Lipinski definition) is 0. The third-order valence-electron chi connectivity index (χ3n) is 12.8. The maximum absolute atomic E-state index is 2.54. The third kappa shape index (κ3) is 9.96. The molecule has 4 aromatic carbocycles. The Balaban J connectivity index is 1.45. The van der Waals surface area contributed by atoms with Crippen molar-refractivity contribution in [3.8, 4) is 11.1 Å². The SMILES string of the molecule is C\C=C/C(=C(C)\C=C(\C)CC)c1cc(-c2ccc(C)c(C3=C(C(C)CC)CCC=C3)c2)ccc1CC(C)C1=CC(c2ccccc2)=CC(c2ccccc2)C(C)C1. The van der Waals surface area contributed by atoms with Gasteiger partial charge in [0, 0.05) is 5.92 Å². The minimum absolute atomic E-state index is 0.359. The topological polar surface area (TPSA) is 0 Å². The van der Waals surface area contributed by atoms with E-state index in [0.717, 1.165) is 32.1 Å². The standard InChI is InChI=1S/C57H66/c1-10-21-52(43(8)32-39(4)11-2)57-37-48(47-29-28-41(6)56(36-47)54-27-20-19-26-53(54)40(5)12-3)30-31-49(57)33-42(7)50-34-44(9)55(46-24-17-14-18-25-46)38-51(35-50)45-22-15-13-16-23-45/h10,13-18,20-25,27-32,35-38,40,42,44,55H,11-12,19,26,33-34H2,1-9H3/b21-10-,39-32-,52-43+. The Morgan fingerprint density at radius 3 is 2.23 bits per heavy atom. The average molecular weight is 751 g/mol. The second-order valence-electron chi connectivity index (χ2n) is 17.0. The molecule has 4 atom stereocenters. The predicted molar refractivity (Wildman–Crippen MR) is 251 cm³/mol. The minimum atomic E-state index is 0.359. The summed E-state index contributed by atoms with van der Waals surface area (Å²) in [4.78, 5) is 0. The molecule has 57 heavy (non-hydrogen) atoms. The highest BCUT2D eigenvalue weighted by molar-refractivity contribution is 5.86. The highest BCUT2D eigenvalue weighted by Gasteiger charge is 2.26. The monoisotopic (exact) mass is 751 g/mol. The summed E-state index contributed by atoms with van der Waals surface area (Å²) in [7, 11) is 0. The van der Waals surface area contributed by atoms with Crippen molar-refractivity contribution in [2.75, 3.05) is 0 Å². The quantitative estimate of drug-likeness (QED) is 0.119. The Labute approximate surface area is 346 Å². The van der Waals surface area contributed by atoms with Gasteiger partial charge in [0.25, 0.3) is 0 Å². The summed E-state index contributed by atoms with van der Waals surface area (Å²) in [6, 6.07) is 36.6. The molecule has 294 valence electrons. The first-order valence-corrected chi connectivity index (χ1v) is 21.8. The third-order valence-corrected chi connectivity index (χ3v) is 12.8. The maximum atomic E-state index is 2.54. The molecule has 0 heteroatoms. The Bertz CT molecular complexity index is 2230. The first-order valence-electron chi connectivity index (χ1n) is 21.8. The lowest BCUT2D eigenvalue weighted by molar-refractivity contribution is 0.490. The second-order valence-corrected chi connectivity index (χ2v) is 17.0. The van der Waals surface area contributed by atoms with Gasteiger partial charge in [0.15, 0.2) is 0 Å². The Hall–Kier alpha value is -4.94. The molecule has 0 N–H and O–H groups in total. The molecule has 0 spiro atoms. The van der Waals surface area contributed by atoms with Crippen LogP contribution in [0.25, 0.3) is 27.8 Å². The highest BCUT2D eigenvalue weighted by Crippen LogP contribution is 2.42. The summed E-state index contributed by atoms with van der Waals surface area (Å²) < 4.78 is 0. The van der Waals surface area contributed by atoms with Gasteiger partial charge in [-0.25, -0.2) is 0 Å². The van der Waals surface area contributed by atoms with Crippen LogP contribution < -0.4 is 0 Å². The molecule has 0 bridgehead atoms. The van der Waals surface area contributed by atoms with Crippen LogP contribution in [0.2, 0.25) is 0 Å². The predicted octanol–water partition coefficient (Wildman–Crippen LogP) is 16.5. The Morgan fingerprint density at radius 2 is 1.53 bits per heavy atom. The fourth-order valence-corrected chi connectivity index (χ4v) is 9.01. The van der Waals surface area contributed by atoms with Crippen molar-refractivity contribution < 1.29 is 0 Å². The van der Waals surface area contributed by atoms with Gasteiger partial charge in [0.05, 0.1) is 0 Å². The summed E-state index contributed by atoms with van der Waals surface area (Å²) in [6.07, 6.45) is 23.4. The zero-order valence-corrected chi connectivity index (χ0v) is 36.3. The van der Waals surface area contributed by atoms with Gasteiger partial charge >= 0.3 is 0 Å². The molecule has 0 saturated carbocycles. The molecule has 2 aliphatic rings. The number of benzene rings is 4. The molecule has 0 fully saturated rings. The largest absolute Gasteiger partial charge is 0.0870 e. The molecule has 0 amide bonds. The minimum Gasteiger partial charge on any atom is -0.0870 e. The second kappa shape index (κ2) is 19.5. The lowest BCUT2D eigenvalue weighted by Crippen LogP contribution is -2.12. The normalized spacial score (nSPS) is 19.2. The highest BCUT2D eigenvalue weighted by atomic mass is 14.3. The van der Waals surface area contributed by atoms with Crippen LogP contribution in [-0.4, -0.2) is 0 Å². The molecule has 0 aliphatic heterocycles. The zero-order valence-electron chi connectivity index (χ0n) is 36.3. The van der Waals surface area contributed by atoms with Crippen molar-refractivity contribution >= 4 is 16.7 Å². The van der Waals surface area contributed by atoms with Gasteiger partial charge in [-0.15, -0.1) is 0 Å². The van der Waals surface area contributed by atoms with E-state index in [-0.39, 0.29) is 0 Å². The Morgan fingerprint density at radius 1 is 0.825 bits per heavy atom. The van der Waals surface area contributed by atoms with E-state index in [2.05, 4.69) is 202 Å². The summed E-state index contributed by atoms with van der Waals surface area (Å²) in [5.41, 5.74) is 20.7. The molecule has 0 nitrogen and oxygen atoms in total. The van der Waals surface area contributed by atoms with Crippen molar-refractivity contribution in [2.24, 2.45) is 17.8 Å². The van der Waals surface area contributed by atoms with E-state index in [4.69, 9.17) is 0 Å². The van der Waals surface area contributed by atoms with Crippen LogP contribution in [0.5, 0.6) is 0 Å². The van der Waals surface area contributed by atoms with Crippen molar-refractivity contribution in [3.63, 3.8) is 0 Å². The van der Waals surface area contributed by atoms with Crippen molar-refractivity contribution in [2.45, 2.75) is 107 Å². The van der Waals surface area contributed by atoms with E-state index >= 15 is 0 Å². The average Bonchev–Trinajstić information content (AvgIpc) is 3.42. The van der Waals surface area contributed by atoms with E-state index in [1.54, 1.807) is 5.57 Å². The van der Waals surface area contributed by atoms with Gasteiger partial charge < -0.3 is 0 Å². The van der Waals surface area contributed by atoms with Crippen LogP contribution in [0.15, 0.2) is 162 Å². The van der Waals surface area contributed by atoms with Gasteiger partial charge in [-0.1, -0.05) is 179 Å². The van der Waals surface area contributed by atoms with Crippen LogP contribution in [0.1, 0.15) is 127 Å². The van der Waals surface area contributed by atoms with Crippen LogP contribution in [0.4, 0.5) is 0 Å². The van der Waals surface area contributed by atoms with Crippen LogP contribution >= 0.6 is 0 Å². The molecule has 4 unspecified atom stereocenters. The lowest BCUT2D eigenvalue weighted by Gasteiger charge is -2.25. The smallest absolute Gasteiger partial charge is 0.00558 e. The Kier molecular flexibility index (Phi) is 14.2. The number of aryl methyl sites for hydroxylation is 1. The van der Waals surface area contributed by atoms with E-state index in [9.17, 15) is 0 Å². The fraction of sp³-hybridized carbons (Fsp3) is 0.333. The molecule has 4 aromatic rings. The first kappa shape index (κ1) is 41.7. The molecule has 0 aromatic heterocycles. The zero-order chi connectivity index (χ0) is 40.5.